The van der Waals surface area contributed by atoms with Crippen molar-refractivity contribution in [3.05, 3.63) is 42.1 Å². The average molecular weight is 231 g/mol. The van der Waals surface area contributed by atoms with E-state index in [9.17, 15) is 5.11 Å². The van der Waals surface area contributed by atoms with Gasteiger partial charge in [0.1, 0.15) is 0 Å². The molecule has 0 radical (unpaired) electrons. The van der Waals surface area contributed by atoms with Gasteiger partial charge < -0.3 is 9.84 Å². The van der Waals surface area contributed by atoms with E-state index in [-0.39, 0.29) is 0 Å². The molecule has 1 unspecified atom stereocenters. The van der Waals surface area contributed by atoms with Crippen LogP contribution in [0.15, 0.2) is 36.5 Å². The number of aromatic nitrogens is 1. The number of pyridine rings is 1. The first kappa shape index (κ1) is 12.0. The van der Waals surface area contributed by atoms with Crippen LogP contribution < -0.4 is 0 Å². The molecule has 0 spiro atoms. The summed E-state index contributed by atoms with van der Waals surface area (Å²) in [5, 5.41) is 11.4. The van der Waals surface area contributed by atoms with Crippen LogP contribution in [0.1, 0.15) is 18.9 Å². The zero-order chi connectivity index (χ0) is 12.3. The van der Waals surface area contributed by atoms with Crippen molar-refractivity contribution in [2.45, 2.75) is 18.9 Å². The molecule has 2 rings (SSSR count). The molecule has 2 aromatic rings. The van der Waals surface area contributed by atoms with Gasteiger partial charge in [0.25, 0.3) is 0 Å². The van der Waals surface area contributed by atoms with E-state index in [4.69, 9.17) is 4.74 Å². The molecule has 0 aliphatic rings. The predicted molar refractivity (Wildman–Crippen MR) is 67.8 cm³/mol. The normalized spacial score (nSPS) is 14.8. The van der Waals surface area contributed by atoms with Gasteiger partial charge >= 0.3 is 0 Å². The molecule has 1 atom stereocenters. The van der Waals surface area contributed by atoms with Crippen LogP contribution in [-0.2, 0) is 10.3 Å². The Labute approximate surface area is 101 Å². The van der Waals surface area contributed by atoms with Crippen molar-refractivity contribution in [1.82, 2.24) is 4.98 Å². The first-order valence-electron chi connectivity index (χ1n) is 5.70. The van der Waals surface area contributed by atoms with E-state index in [2.05, 4.69) is 4.98 Å². The van der Waals surface area contributed by atoms with Crippen LogP contribution in [0.25, 0.3) is 10.9 Å². The molecule has 3 heteroatoms. The molecule has 0 amide bonds. The molecular weight excluding hydrogens is 214 g/mol. The van der Waals surface area contributed by atoms with Gasteiger partial charge in [-0.2, -0.15) is 0 Å². The third kappa shape index (κ3) is 2.62. The van der Waals surface area contributed by atoms with Crippen molar-refractivity contribution in [2.75, 3.05) is 13.7 Å². The molecule has 0 fully saturated rings. The molecule has 17 heavy (non-hydrogen) atoms. The fraction of sp³-hybridized carbons (Fsp3) is 0.357. The van der Waals surface area contributed by atoms with E-state index in [1.54, 1.807) is 13.3 Å². The van der Waals surface area contributed by atoms with Crippen molar-refractivity contribution in [1.29, 1.82) is 0 Å². The van der Waals surface area contributed by atoms with Crippen molar-refractivity contribution in [3.8, 4) is 0 Å². The van der Waals surface area contributed by atoms with Gasteiger partial charge in [0.05, 0.1) is 11.1 Å². The lowest BCUT2D eigenvalue weighted by Gasteiger charge is -2.23. The Bertz CT molecular complexity index is 508. The molecule has 0 aliphatic carbocycles. The van der Waals surface area contributed by atoms with Crippen LogP contribution >= 0.6 is 0 Å². The minimum Gasteiger partial charge on any atom is -0.385 e. The molecule has 1 N–H and O–H groups in total. The summed E-state index contributed by atoms with van der Waals surface area (Å²) in [6.45, 7) is 2.35. The summed E-state index contributed by atoms with van der Waals surface area (Å²) < 4.78 is 5.01. The van der Waals surface area contributed by atoms with E-state index in [0.29, 0.717) is 13.0 Å². The van der Waals surface area contributed by atoms with Gasteiger partial charge in [0, 0.05) is 31.7 Å². The van der Waals surface area contributed by atoms with Gasteiger partial charge in [0.15, 0.2) is 0 Å². The molecule has 0 aliphatic heterocycles. The van der Waals surface area contributed by atoms with Gasteiger partial charge in [-0.15, -0.1) is 0 Å². The largest absolute Gasteiger partial charge is 0.385 e. The second-order valence-corrected chi connectivity index (χ2v) is 4.43. The topological polar surface area (TPSA) is 42.4 Å². The van der Waals surface area contributed by atoms with E-state index in [1.165, 1.54) is 0 Å². The van der Waals surface area contributed by atoms with E-state index < -0.39 is 5.60 Å². The highest BCUT2D eigenvalue weighted by atomic mass is 16.5. The lowest BCUT2D eigenvalue weighted by Crippen LogP contribution is -2.23. The molecule has 90 valence electrons. The fourth-order valence-electron chi connectivity index (χ4n) is 1.86. The van der Waals surface area contributed by atoms with Gasteiger partial charge in [-0.05, 0) is 30.7 Å². The average Bonchev–Trinajstić information content (AvgIpc) is 2.36. The maximum Gasteiger partial charge on any atom is 0.0890 e. The molecule has 3 nitrogen and oxygen atoms in total. The molecule has 1 aromatic heterocycles. The highest BCUT2D eigenvalue weighted by molar-refractivity contribution is 5.79. The second kappa shape index (κ2) is 4.82. The molecule has 0 bridgehead atoms. The van der Waals surface area contributed by atoms with Crippen molar-refractivity contribution >= 4 is 10.9 Å². The van der Waals surface area contributed by atoms with Crippen LogP contribution in [-0.4, -0.2) is 23.8 Å². The quantitative estimate of drug-likeness (QED) is 0.879. The van der Waals surface area contributed by atoms with Crippen molar-refractivity contribution in [3.63, 3.8) is 0 Å². The Balaban J connectivity index is 2.35. The third-order valence-corrected chi connectivity index (χ3v) is 3.02. The van der Waals surface area contributed by atoms with Crippen LogP contribution in [0.5, 0.6) is 0 Å². The van der Waals surface area contributed by atoms with Crippen LogP contribution in [0.3, 0.4) is 0 Å². The molecule has 0 saturated heterocycles. The maximum atomic E-state index is 10.4. The Morgan fingerprint density at radius 2 is 2.18 bits per heavy atom. The lowest BCUT2D eigenvalue weighted by molar-refractivity contribution is 0.0211. The fourth-order valence-corrected chi connectivity index (χ4v) is 1.86. The van der Waals surface area contributed by atoms with Gasteiger partial charge in [-0.25, -0.2) is 0 Å². The highest BCUT2D eigenvalue weighted by Crippen LogP contribution is 2.26. The van der Waals surface area contributed by atoms with E-state index in [1.807, 2.05) is 37.3 Å². The minimum atomic E-state index is -0.861. The first-order valence-corrected chi connectivity index (χ1v) is 5.70. The third-order valence-electron chi connectivity index (χ3n) is 3.02. The zero-order valence-corrected chi connectivity index (χ0v) is 10.2. The molecule has 1 heterocycles. The molecular formula is C14H17NO2. The van der Waals surface area contributed by atoms with Crippen molar-refractivity contribution < 1.29 is 9.84 Å². The smallest absolute Gasteiger partial charge is 0.0890 e. The summed E-state index contributed by atoms with van der Waals surface area (Å²) in [5.74, 6) is 0. The number of ether oxygens (including phenoxy) is 1. The standard InChI is InChI=1S/C14H17NO2/c1-14(16,7-9-17-2)12-5-6-13-11(10-12)4-3-8-15-13/h3-6,8,10,16H,7,9H2,1-2H3. The number of fused-ring (bicyclic) bond motifs is 1. The number of rotatable bonds is 4. The summed E-state index contributed by atoms with van der Waals surface area (Å²) >= 11 is 0. The van der Waals surface area contributed by atoms with E-state index in [0.717, 1.165) is 16.5 Å². The van der Waals surface area contributed by atoms with Gasteiger partial charge in [-0.3, -0.25) is 4.98 Å². The molecule has 1 aromatic carbocycles. The maximum absolute atomic E-state index is 10.4. The second-order valence-electron chi connectivity index (χ2n) is 4.43. The van der Waals surface area contributed by atoms with Crippen LogP contribution in [0.2, 0.25) is 0 Å². The van der Waals surface area contributed by atoms with Gasteiger partial charge in [0.2, 0.25) is 0 Å². The number of aliphatic hydroxyl groups is 1. The summed E-state index contributed by atoms with van der Waals surface area (Å²) in [6.07, 6.45) is 2.35. The van der Waals surface area contributed by atoms with Gasteiger partial charge in [-0.1, -0.05) is 12.1 Å². The predicted octanol–water partition coefficient (Wildman–Crippen LogP) is 2.48. The summed E-state index contributed by atoms with van der Waals surface area (Å²) in [4.78, 5) is 4.26. The Hall–Kier alpha value is -1.45. The summed E-state index contributed by atoms with van der Waals surface area (Å²) in [6, 6.07) is 9.74. The number of hydrogen-bond donors (Lipinski definition) is 1. The number of benzene rings is 1. The van der Waals surface area contributed by atoms with Crippen molar-refractivity contribution in [2.24, 2.45) is 0 Å². The number of nitrogens with zero attached hydrogens (tertiary/aromatic N) is 1. The monoisotopic (exact) mass is 231 g/mol. The van der Waals surface area contributed by atoms with Crippen LogP contribution in [0, 0.1) is 0 Å². The SMILES string of the molecule is COCCC(C)(O)c1ccc2ncccc2c1. The lowest BCUT2D eigenvalue weighted by atomic mass is 9.92. The number of hydrogen-bond acceptors (Lipinski definition) is 3. The van der Waals surface area contributed by atoms with E-state index >= 15 is 0 Å². The summed E-state index contributed by atoms with van der Waals surface area (Å²) in [7, 11) is 1.64. The van der Waals surface area contributed by atoms with Crippen LogP contribution in [0.4, 0.5) is 0 Å². The Morgan fingerprint density at radius 3 is 2.94 bits per heavy atom. The molecule has 0 saturated carbocycles. The highest BCUT2D eigenvalue weighted by Gasteiger charge is 2.22. The Morgan fingerprint density at radius 1 is 1.35 bits per heavy atom. The first-order chi connectivity index (χ1) is 8.13. The Kier molecular flexibility index (Phi) is 3.41. The number of methoxy groups -OCH3 is 1. The summed E-state index contributed by atoms with van der Waals surface area (Å²) in [5.41, 5.74) is 0.980. The zero-order valence-electron chi connectivity index (χ0n) is 10.2. The minimum absolute atomic E-state index is 0.540.